The van der Waals surface area contributed by atoms with Crippen LogP contribution in [0.15, 0.2) is 42.5 Å². The number of nitrogens with one attached hydrogen (secondary N) is 2. The molecule has 0 saturated heterocycles. The first-order valence-electron chi connectivity index (χ1n) is 8.16. The lowest BCUT2D eigenvalue weighted by Gasteiger charge is -2.15. The number of anilines is 2. The van der Waals surface area contributed by atoms with Gasteiger partial charge < -0.3 is 20.3 Å². The van der Waals surface area contributed by atoms with Gasteiger partial charge in [0.2, 0.25) is 5.91 Å². The number of carbonyl (C=O) groups excluding carboxylic acids is 2. The van der Waals surface area contributed by atoms with E-state index < -0.39 is 12.5 Å². The predicted octanol–water partition coefficient (Wildman–Crippen LogP) is 3.35. The van der Waals surface area contributed by atoms with Crippen molar-refractivity contribution >= 4 is 23.2 Å². The number of hydrogen-bond donors (Lipinski definition) is 2. The Bertz CT molecular complexity index is 826. The molecule has 2 aromatic rings. The van der Waals surface area contributed by atoms with E-state index in [1.807, 2.05) is 6.92 Å². The van der Waals surface area contributed by atoms with Gasteiger partial charge in [-0.05, 0) is 56.9 Å². The zero-order valence-corrected chi connectivity index (χ0v) is 15.3. The highest BCUT2D eigenvalue weighted by molar-refractivity contribution is 6.07. The minimum absolute atomic E-state index is 0.110. The van der Waals surface area contributed by atoms with E-state index in [2.05, 4.69) is 15.4 Å². The molecule has 0 unspecified atom stereocenters. The standard InChI is InChI=1S/C19H21F2N3O3/c1-12-7-8-15(22-17(25)11-24(2)3)16(9-12)23-18(26)13-5-4-6-14(10-13)27-19(20)21/h4-10,19H,11H2,1-3H3,(H,22,25)(H,23,26). The minimum Gasteiger partial charge on any atom is -0.435 e. The van der Waals surface area contributed by atoms with Crippen LogP contribution in [-0.2, 0) is 4.79 Å². The molecule has 2 rings (SSSR count). The fourth-order valence-corrected chi connectivity index (χ4v) is 2.36. The molecule has 0 bridgehead atoms. The monoisotopic (exact) mass is 377 g/mol. The zero-order chi connectivity index (χ0) is 20.0. The Balaban J connectivity index is 2.19. The number of hydrogen-bond acceptors (Lipinski definition) is 4. The Morgan fingerprint density at radius 3 is 2.48 bits per heavy atom. The number of aryl methyl sites for hydroxylation is 1. The van der Waals surface area contributed by atoms with E-state index in [4.69, 9.17) is 0 Å². The van der Waals surface area contributed by atoms with Crippen LogP contribution in [0.25, 0.3) is 0 Å². The van der Waals surface area contributed by atoms with Crippen LogP contribution in [0.3, 0.4) is 0 Å². The molecule has 0 radical (unpaired) electrons. The van der Waals surface area contributed by atoms with Gasteiger partial charge in [0.25, 0.3) is 5.91 Å². The number of halogens is 2. The van der Waals surface area contributed by atoms with Crippen molar-refractivity contribution in [3.63, 3.8) is 0 Å². The van der Waals surface area contributed by atoms with Gasteiger partial charge >= 0.3 is 6.61 Å². The molecule has 0 aliphatic heterocycles. The van der Waals surface area contributed by atoms with Crippen molar-refractivity contribution in [3.05, 3.63) is 53.6 Å². The molecule has 2 aromatic carbocycles. The van der Waals surface area contributed by atoms with Gasteiger partial charge in [-0.15, -0.1) is 0 Å². The predicted molar refractivity (Wildman–Crippen MR) is 99.4 cm³/mol. The minimum atomic E-state index is -2.97. The molecule has 6 nitrogen and oxygen atoms in total. The molecule has 0 aromatic heterocycles. The average molecular weight is 377 g/mol. The van der Waals surface area contributed by atoms with Crippen molar-refractivity contribution in [2.24, 2.45) is 0 Å². The fraction of sp³-hybridized carbons (Fsp3) is 0.263. The first-order chi connectivity index (χ1) is 12.7. The molecule has 2 N–H and O–H groups in total. The molecule has 27 heavy (non-hydrogen) atoms. The normalized spacial score (nSPS) is 10.8. The summed E-state index contributed by atoms with van der Waals surface area (Å²) in [5.41, 5.74) is 1.89. The number of amides is 2. The molecule has 0 spiro atoms. The third-order valence-corrected chi connectivity index (χ3v) is 3.48. The summed E-state index contributed by atoms with van der Waals surface area (Å²) in [6.45, 7) is -0.939. The number of nitrogens with zero attached hydrogens (tertiary/aromatic N) is 1. The van der Waals surface area contributed by atoms with Crippen LogP contribution in [0, 0.1) is 6.92 Å². The molecular weight excluding hydrogens is 356 g/mol. The van der Waals surface area contributed by atoms with Crippen molar-refractivity contribution in [1.29, 1.82) is 0 Å². The Kier molecular flexibility index (Phi) is 6.84. The number of benzene rings is 2. The van der Waals surface area contributed by atoms with Crippen LogP contribution in [0.5, 0.6) is 5.75 Å². The molecule has 0 aliphatic carbocycles. The largest absolute Gasteiger partial charge is 0.435 e. The molecule has 0 saturated carbocycles. The summed E-state index contributed by atoms with van der Waals surface area (Å²) in [6, 6.07) is 10.7. The van der Waals surface area contributed by atoms with E-state index in [-0.39, 0.29) is 23.8 Å². The highest BCUT2D eigenvalue weighted by Gasteiger charge is 2.13. The third kappa shape index (κ3) is 6.34. The number of ether oxygens (including phenoxy) is 1. The Morgan fingerprint density at radius 2 is 1.81 bits per heavy atom. The smallest absolute Gasteiger partial charge is 0.387 e. The van der Waals surface area contributed by atoms with Gasteiger partial charge in [-0.2, -0.15) is 8.78 Å². The summed E-state index contributed by atoms with van der Waals surface area (Å²) in [4.78, 5) is 26.2. The lowest BCUT2D eigenvalue weighted by atomic mass is 10.1. The molecule has 0 fully saturated rings. The van der Waals surface area contributed by atoms with Crippen molar-refractivity contribution < 1.29 is 23.1 Å². The van der Waals surface area contributed by atoms with Crippen LogP contribution in [0.1, 0.15) is 15.9 Å². The van der Waals surface area contributed by atoms with Gasteiger partial charge in [-0.3, -0.25) is 9.59 Å². The fourth-order valence-electron chi connectivity index (χ4n) is 2.36. The van der Waals surface area contributed by atoms with E-state index in [1.165, 1.54) is 24.3 Å². The van der Waals surface area contributed by atoms with Gasteiger partial charge in [0, 0.05) is 5.56 Å². The molecule has 144 valence electrons. The van der Waals surface area contributed by atoms with Crippen LogP contribution in [-0.4, -0.2) is 44.0 Å². The van der Waals surface area contributed by atoms with Crippen molar-refractivity contribution in [3.8, 4) is 5.75 Å². The van der Waals surface area contributed by atoms with Gasteiger partial charge in [0.15, 0.2) is 0 Å². The van der Waals surface area contributed by atoms with E-state index in [9.17, 15) is 18.4 Å². The topological polar surface area (TPSA) is 70.7 Å². The Morgan fingerprint density at radius 1 is 1.07 bits per heavy atom. The summed E-state index contributed by atoms with van der Waals surface area (Å²) in [7, 11) is 3.54. The molecule has 8 heteroatoms. The van der Waals surface area contributed by atoms with Crippen LogP contribution < -0.4 is 15.4 Å². The Hall–Kier alpha value is -3.00. The zero-order valence-electron chi connectivity index (χ0n) is 15.3. The lowest BCUT2D eigenvalue weighted by Crippen LogP contribution is -2.27. The summed E-state index contributed by atoms with van der Waals surface area (Å²) in [5.74, 6) is -0.850. The summed E-state index contributed by atoms with van der Waals surface area (Å²) in [5, 5.41) is 5.44. The van der Waals surface area contributed by atoms with E-state index in [0.717, 1.165) is 5.56 Å². The summed E-state index contributed by atoms with van der Waals surface area (Å²) < 4.78 is 29.0. The van der Waals surface area contributed by atoms with Gasteiger partial charge in [0.05, 0.1) is 17.9 Å². The maximum absolute atomic E-state index is 12.5. The molecule has 0 heterocycles. The highest BCUT2D eigenvalue weighted by atomic mass is 19.3. The van der Waals surface area contributed by atoms with Crippen molar-refractivity contribution in [2.75, 3.05) is 31.3 Å². The molecule has 2 amide bonds. The SMILES string of the molecule is Cc1ccc(NC(=O)CN(C)C)c(NC(=O)c2cccc(OC(F)F)c2)c1. The molecule has 0 aliphatic rings. The molecule has 0 atom stereocenters. The first kappa shape index (κ1) is 20.3. The number of likely N-dealkylation sites (N-methyl/N-ethyl adjacent to an activating group) is 1. The second-order valence-corrected chi connectivity index (χ2v) is 6.20. The average Bonchev–Trinajstić information content (AvgIpc) is 2.56. The van der Waals surface area contributed by atoms with Crippen molar-refractivity contribution in [1.82, 2.24) is 4.90 Å². The third-order valence-electron chi connectivity index (χ3n) is 3.48. The first-order valence-corrected chi connectivity index (χ1v) is 8.16. The van der Waals surface area contributed by atoms with Crippen LogP contribution in [0.4, 0.5) is 20.2 Å². The van der Waals surface area contributed by atoms with Gasteiger partial charge in [-0.25, -0.2) is 0 Å². The Labute approximate surface area is 156 Å². The second-order valence-electron chi connectivity index (χ2n) is 6.20. The number of alkyl halides is 2. The quantitative estimate of drug-likeness (QED) is 0.776. The molecular formula is C19H21F2N3O3. The van der Waals surface area contributed by atoms with Gasteiger partial charge in [0.1, 0.15) is 5.75 Å². The van der Waals surface area contributed by atoms with Crippen LogP contribution in [0.2, 0.25) is 0 Å². The van der Waals surface area contributed by atoms with E-state index in [1.54, 1.807) is 37.2 Å². The summed E-state index contributed by atoms with van der Waals surface area (Å²) in [6.07, 6.45) is 0. The number of rotatable bonds is 7. The van der Waals surface area contributed by atoms with Crippen LogP contribution >= 0.6 is 0 Å². The highest BCUT2D eigenvalue weighted by Crippen LogP contribution is 2.24. The maximum Gasteiger partial charge on any atom is 0.387 e. The maximum atomic E-state index is 12.5. The number of carbonyl (C=O) groups is 2. The lowest BCUT2D eigenvalue weighted by molar-refractivity contribution is -0.116. The second kappa shape index (κ2) is 9.09. The van der Waals surface area contributed by atoms with E-state index >= 15 is 0 Å². The van der Waals surface area contributed by atoms with Gasteiger partial charge in [-0.1, -0.05) is 12.1 Å². The summed E-state index contributed by atoms with van der Waals surface area (Å²) >= 11 is 0. The van der Waals surface area contributed by atoms with Crippen molar-refractivity contribution in [2.45, 2.75) is 13.5 Å². The van der Waals surface area contributed by atoms with E-state index in [0.29, 0.717) is 11.4 Å².